The normalized spacial score (nSPS) is 18.4. The van der Waals surface area contributed by atoms with Crippen molar-refractivity contribution < 1.29 is 19.1 Å². The SMILES string of the molecule is COC(=O)NC(C(=O)N1CCCC1c1ncc(-c2ccc(C#Cc3cnc(C4CCCN4C=O)[nH]3)cc2)[nH]1)c1ccccc1. The molecule has 2 aromatic carbocycles. The van der Waals surface area contributed by atoms with Crippen molar-refractivity contribution in [3.8, 4) is 23.1 Å². The van der Waals surface area contributed by atoms with Gasteiger partial charge in [-0.2, -0.15) is 0 Å². The number of rotatable bonds is 7. The van der Waals surface area contributed by atoms with Gasteiger partial charge in [-0.25, -0.2) is 14.8 Å². The number of nitrogens with zero attached hydrogens (tertiary/aromatic N) is 4. The summed E-state index contributed by atoms with van der Waals surface area (Å²) >= 11 is 0. The Morgan fingerprint density at radius 2 is 1.68 bits per heavy atom. The highest BCUT2D eigenvalue weighted by Crippen LogP contribution is 2.34. The lowest BCUT2D eigenvalue weighted by molar-refractivity contribution is -0.134. The third kappa shape index (κ3) is 6.06. The number of amides is 3. The summed E-state index contributed by atoms with van der Waals surface area (Å²) in [6.07, 6.45) is 7.14. The Bertz CT molecular complexity index is 1690. The molecular weight excluding hydrogens is 558 g/mol. The van der Waals surface area contributed by atoms with Gasteiger partial charge in [0.1, 0.15) is 23.4 Å². The van der Waals surface area contributed by atoms with Crippen molar-refractivity contribution in [1.82, 2.24) is 35.1 Å². The van der Waals surface area contributed by atoms with Crippen molar-refractivity contribution in [2.75, 3.05) is 20.2 Å². The van der Waals surface area contributed by atoms with Gasteiger partial charge in [0.15, 0.2) is 0 Å². The standard InChI is InChI=1S/C33H33N7O4/c1-44-33(43)38-29(24-7-3-2-4-8-24)32(42)40-18-6-10-28(40)31-35-20-26(37-31)23-14-11-22(12-15-23)13-16-25-19-34-30(36-25)27-9-5-17-39(27)21-41/h2-4,7-8,11-12,14-15,19-21,27-29H,5-6,9-10,17-18H2,1H3,(H,34,36)(H,35,37)(H,38,43). The van der Waals surface area contributed by atoms with Crippen LogP contribution >= 0.6 is 0 Å². The first-order valence-corrected chi connectivity index (χ1v) is 14.7. The highest BCUT2D eigenvalue weighted by atomic mass is 16.5. The van der Waals surface area contributed by atoms with E-state index in [1.165, 1.54) is 7.11 Å². The van der Waals surface area contributed by atoms with Crippen LogP contribution < -0.4 is 5.32 Å². The summed E-state index contributed by atoms with van der Waals surface area (Å²) in [6.45, 7) is 1.31. The van der Waals surface area contributed by atoms with Crippen LogP contribution in [-0.4, -0.2) is 68.3 Å². The second kappa shape index (κ2) is 12.9. The van der Waals surface area contributed by atoms with E-state index in [0.717, 1.165) is 61.3 Å². The molecule has 2 fully saturated rings. The van der Waals surface area contributed by atoms with Crippen molar-refractivity contribution in [3.63, 3.8) is 0 Å². The van der Waals surface area contributed by atoms with Gasteiger partial charge in [-0.1, -0.05) is 48.4 Å². The molecule has 2 aliphatic heterocycles. The van der Waals surface area contributed by atoms with Gasteiger partial charge in [-0.15, -0.1) is 0 Å². The molecule has 2 aliphatic rings. The zero-order chi connectivity index (χ0) is 30.5. The average Bonchev–Trinajstić information content (AvgIpc) is 3.89. The minimum absolute atomic E-state index is 0.0159. The maximum absolute atomic E-state index is 13.7. The second-order valence-corrected chi connectivity index (χ2v) is 10.9. The summed E-state index contributed by atoms with van der Waals surface area (Å²) in [7, 11) is 1.28. The maximum atomic E-state index is 13.7. The second-order valence-electron chi connectivity index (χ2n) is 10.9. The van der Waals surface area contributed by atoms with Crippen LogP contribution in [0.15, 0.2) is 67.0 Å². The van der Waals surface area contributed by atoms with Crippen molar-refractivity contribution in [3.05, 3.63) is 95.5 Å². The molecule has 0 radical (unpaired) electrons. The van der Waals surface area contributed by atoms with E-state index < -0.39 is 12.1 Å². The summed E-state index contributed by atoms with van der Waals surface area (Å²) < 4.78 is 4.79. The summed E-state index contributed by atoms with van der Waals surface area (Å²) in [4.78, 5) is 56.4. The monoisotopic (exact) mass is 591 g/mol. The third-order valence-electron chi connectivity index (χ3n) is 8.15. The molecule has 3 unspecified atom stereocenters. The van der Waals surface area contributed by atoms with Gasteiger partial charge in [0.25, 0.3) is 5.91 Å². The van der Waals surface area contributed by atoms with Crippen LogP contribution in [0.1, 0.15) is 72.3 Å². The molecule has 11 heteroatoms. The van der Waals surface area contributed by atoms with Gasteiger partial charge in [-0.3, -0.25) is 9.59 Å². The van der Waals surface area contributed by atoms with E-state index in [9.17, 15) is 14.4 Å². The van der Waals surface area contributed by atoms with Crippen LogP contribution in [0.5, 0.6) is 0 Å². The third-order valence-corrected chi connectivity index (χ3v) is 8.15. The Morgan fingerprint density at radius 3 is 2.45 bits per heavy atom. The Hall–Kier alpha value is -5.37. The molecule has 2 saturated heterocycles. The first-order valence-electron chi connectivity index (χ1n) is 14.7. The fourth-order valence-electron chi connectivity index (χ4n) is 5.89. The summed E-state index contributed by atoms with van der Waals surface area (Å²) in [6, 6.07) is 15.9. The average molecular weight is 592 g/mol. The quantitative estimate of drug-likeness (QED) is 0.217. The molecule has 6 rings (SSSR count). The first-order chi connectivity index (χ1) is 21.5. The Balaban J connectivity index is 1.14. The van der Waals surface area contributed by atoms with Crippen LogP contribution in [0.2, 0.25) is 0 Å². The molecule has 3 N–H and O–H groups in total. The van der Waals surface area contributed by atoms with Crippen LogP contribution in [0.3, 0.4) is 0 Å². The van der Waals surface area contributed by atoms with Crippen LogP contribution in [0.25, 0.3) is 11.3 Å². The lowest BCUT2D eigenvalue weighted by Gasteiger charge is -2.28. The predicted molar refractivity (Wildman–Crippen MR) is 162 cm³/mol. The minimum atomic E-state index is -0.866. The van der Waals surface area contributed by atoms with Crippen LogP contribution in [-0.2, 0) is 14.3 Å². The molecule has 4 heterocycles. The molecule has 0 spiro atoms. The molecule has 0 saturated carbocycles. The Labute approximate surface area is 255 Å². The zero-order valence-electron chi connectivity index (χ0n) is 24.3. The topological polar surface area (TPSA) is 136 Å². The van der Waals surface area contributed by atoms with Crippen LogP contribution in [0.4, 0.5) is 4.79 Å². The number of hydrogen-bond acceptors (Lipinski definition) is 6. The number of carbonyl (C=O) groups is 3. The van der Waals surface area contributed by atoms with E-state index in [-0.39, 0.29) is 18.0 Å². The van der Waals surface area contributed by atoms with E-state index >= 15 is 0 Å². The number of ether oxygens (including phenoxy) is 1. The zero-order valence-corrected chi connectivity index (χ0v) is 24.3. The number of hydrogen-bond donors (Lipinski definition) is 3. The number of methoxy groups -OCH3 is 1. The number of H-pyrrole nitrogens is 2. The minimum Gasteiger partial charge on any atom is -0.453 e. The lowest BCUT2D eigenvalue weighted by Crippen LogP contribution is -2.42. The maximum Gasteiger partial charge on any atom is 0.407 e. The van der Waals surface area contributed by atoms with Crippen LogP contribution in [0, 0.1) is 11.8 Å². The fraction of sp³-hybridized carbons (Fsp3) is 0.303. The smallest absolute Gasteiger partial charge is 0.407 e. The van der Waals surface area contributed by atoms with Crippen molar-refractivity contribution in [1.29, 1.82) is 0 Å². The molecule has 11 nitrogen and oxygen atoms in total. The van der Waals surface area contributed by atoms with Gasteiger partial charge < -0.3 is 29.8 Å². The number of aromatic nitrogens is 4. The largest absolute Gasteiger partial charge is 0.453 e. The highest BCUT2D eigenvalue weighted by molar-refractivity contribution is 5.87. The van der Waals surface area contributed by atoms with Gasteiger partial charge in [-0.05, 0) is 54.9 Å². The molecule has 44 heavy (non-hydrogen) atoms. The Kier molecular flexibility index (Phi) is 8.41. The molecule has 0 aliphatic carbocycles. The molecule has 3 atom stereocenters. The van der Waals surface area contributed by atoms with E-state index in [1.807, 2.05) is 54.6 Å². The van der Waals surface area contributed by atoms with E-state index in [1.54, 1.807) is 22.2 Å². The van der Waals surface area contributed by atoms with Crippen molar-refractivity contribution in [2.24, 2.45) is 0 Å². The number of carbonyl (C=O) groups excluding carboxylic acids is 3. The summed E-state index contributed by atoms with van der Waals surface area (Å²) in [5.41, 5.74) is 4.01. The number of alkyl carbamates (subject to hydrolysis) is 1. The predicted octanol–water partition coefficient (Wildman–Crippen LogP) is 4.25. The number of likely N-dealkylation sites (tertiary alicyclic amines) is 2. The van der Waals surface area contributed by atoms with Gasteiger partial charge in [0.05, 0.1) is 37.3 Å². The van der Waals surface area contributed by atoms with E-state index in [4.69, 9.17) is 4.74 Å². The molecule has 4 aromatic rings. The lowest BCUT2D eigenvalue weighted by atomic mass is 10.1. The van der Waals surface area contributed by atoms with Gasteiger partial charge >= 0.3 is 6.09 Å². The molecule has 2 aromatic heterocycles. The van der Waals surface area contributed by atoms with Crippen molar-refractivity contribution >= 4 is 18.4 Å². The number of benzene rings is 2. The number of imidazole rings is 2. The molecule has 3 amide bonds. The van der Waals surface area contributed by atoms with Gasteiger partial charge in [0.2, 0.25) is 6.41 Å². The van der Waals surface area contributed by atoms with E-state index in [2.05, 4.69) is 37.1 Å². The molecule has 224 valence electrons. The number of nitrogens with one attached hydrogen (secondary N) is 3. The fourth-order valence-corrected chi connectivity index (χ4v) is 5.89. The summed E-state index contributed by atoms with van der Waals surface area (Å²) in [5.74, 6) is 7.54. The first kappa shape index (κ1) is 28.7. The number of aromatic amines is 2. The molecular formula is C33H33N7O4. The highest BCUT2D eigenvalue weighted by Gasteiger charge is 2.37. The molecule has 0 bridgehead atoms. The van der Waals surface area contributed by atoms with Gasteiger partial charge in [0, 0.05) is 18.7 Å². The Morgan fingerprint density at radius 1 is 0.955 bits per heavy atom. The summed E-state index contributed by atoms with van der Waals surface area (Å²) in [5, 5.41) is 2.69. The van der Waals surface area contributed by atoms with E-state index in [0.29, 0.717) is 23.6 Å². The van der Waals surface area contributed by atoms with Crippen molar-refractivity contribution in [2.45, 2.75) is 43.8 Å².